The second-order valence-electron chi connectivity index (χ2n) is 4.62. The normalized spacial score (nSPS) is 13.8. The SMILES string of the molecule is CCc1cc(Br)ccc1N1C(=O)c2ccccc2C1=O. The number of rotatable bonds is 2. The molecule has 1 aliphatic rings. The summed E-state index contributed by atoms with van der Waals surface area (Å²) < 4.78 is 0.940. The number of carbonyl (C=O) groups is 2. The summed E-state index contributed by atoms with van der Waals surface area (Å²) in [6.45, 7) is 2.00. The van der Waals surface area contributed by atoms with Gasteiger partial charge in [0.1, 0.15) is 0 Å². The molecule has 2 amide bonds. The molecular weight excluding hydrogens is 318 g/mol. The quantitative estimate of drug-likeness (QED) is 0.785. The summed E-state index contributed by atoms with van der Waals surface area (Å²) in [5.41, 5.74) is 2.58. The zero-order valence-corrected chi connectivity index (χ0v) is 12.5. The zero-order valence-electron chi connectivity index (χ0n) is 10.9. The molecule has 1 heterocycles. The van der Waals surface area contributed by atoms with Gasteiger partial charge in [-0.25, -0.2) is 4.90 Å². The third-order valence-corrected chi connectivity index (χ3v) is 3.95. The van der Waals surface area contributed by atoms with Gasteiger partial charge < -0.3 is 0 Å². The number of halogens is 1. The smallest absolute Gasteiger partial charge is 0.266 e. The maximum Gasteiger partial charge on any atom is 0.266 e. The molecule has 2 aromatic carbocycles. The second kappa shape index (κ2) is 4.87. The summed E-state index contributed by atoms with van der Waals surface area (Å²) in [7, 11) is 0. The van der Waals surface area contributed by atoms with Crippen LogP contribution in [0.2, 0.25) is 0 Å². The first kappa shape index (κ1) is 13.1. The number of imide groups is 1. The Balaban J connectivity index is 2.14. The maximum absolute atomic E-state index is 12.5. The van der Waals surface area contributed by atoms with Crippen LogP contribution in [0.1, 0.15) is 33.2 Å². The van der Waals surface area contributed by atoms with Gasteiger partial charge in [-0.15, -0.1) is 0 Å². The highest BCUT2D eigenvalue weighted by atomic mass is 79.9. The molecule has 2 aromatic rings. The Labute approximate surface area is 125 Å². The van der Waals surface area contributed by atoms with Crippen molar-refractivity contribution in [1.29, 1.82) is 0 Å². The van der Waals surface area contributed by atoms with Crippen LogP contribution < -0.4 is 4.90 Å². The van der Waals surface area contributed by atoms with Crippen LogP contribution >= 0.6 is 15.9 Å². The predicted octanol–water partition coefficient (Wildman–Crippen LogP) is 3.81. The average Bonchev–Trinajstić information content (AvgIpc) is 2.72. The monoisotopic (exact) mass is 329 g/mol. The molecule has 1 aliphatic heterocycles. The highest BCUT2D eigenvalue weighted by Gasteiger charge is 2.37. The van der Waals surface area contributed by atoms with Crippen LogP contribution in [0.3, 0.4) is 0 Å². The van der Waals surface area contributed by atoms with Crippen LogP contribution in [-0.4, -0.2) is 11.8 Å². The Bertz CT molecular complexity index is 689. The number of fused-ring (bicyclic) bond motifs is 1. The van der Waals surface area contributed by atoms with Crippen LogP contribution in [0.4, 0.5) is 5.69 Å². The summed E-state index contributed by atoms with van der Waals surface area (Å²) in [5, 5.41) is 0. The minimum atomic E-state index is -0.248. The topological polar surface area (TPSA) is 37.4 Å². The number of aryl methyl sites for hydroxylation is 1. The minimum Gasteiger partial charge on any atom is -0.268 e. The second-order valence-corrected chi connectivity index (χ2v) is 5.53. The lowest BCUT2D eigenvalue weighted by molar-refractivity contribution is 0.0926. The van der Waals surface area contributed by atoms with Crippen molar-refractivity contribution in [2.45, 2.75) is 13.3 Å². The Morgan fingerprint density at radius 3 is 2.15 bits per heavy atom. The molecule has 0 atom stereocenters. The van der Waals surface area contributed by atoms with Crippen LogP contribution in [0.5, 0.6) is 0 Å². The number of hydrogen-bond donors (Lipinski definition) is 0. The van der Waals surface area contributed by atoms with E-state index >= 15 is 0 Å². The lowest BCUT2D eigenvalue weighted by Gasteiger charge is -2.17. The van der Waals surface area contributed by atoms with Gasteiger partial charge in [-0.3, -0.25) is 9.59 Å². The molecule has 100 valence electrons. The fourth-order valence-corrected chi connectivity index (χ4v) is 2.87. The Kier molecular flexibility index (Phi) is 3.18. The molecule has 0 unspecified atom stereocenters. The number of amides is 2. The molecule has 0 bridgehead atoms. The van der Waals surface area contributed by atoms with Crippen molar-refractivity contribution >= 4 is 33.4 Å². The van der Waals surface area contributed by atoms with Crippen LogP contribution in [-0.2, 0) is 6.42 Å². The van der Waals surface area contributed by atoms with E-state index < -0.39 is 0 Å². The third-order valence-electron chi connectivity index (χ3n) is 3.46. The first-order chi connectivity index (χ1) is 9.63. The van der Waals surface area contributed by atoms with Gasteiger partial charge in [0.2, 0.25) is 0 Å². The Hall–Kier alpha value is -1.94. The van der Waals surface area contributed by atoms with E-state index in [2.05, 4.69) is 15.9 Å². The van der Waals surface area contributed by atoms with Gasteiger partial charge in [-0.2, -0.15) is 0 Å². The fraction of sp³-hybridized carbons (Fsp3) is 0.125. The van der Waals surface area contributed by atoms with E-state index in [4.69, 9.17) is 0 Å². The van der Waals surface area contributed by atoms with Gasteiger partial charge in [-0.05, 0) is 42.3 Å². The number of benzene rings is 2. The van der Waals surface area contributed by atoms with Crippen molar-refractivity contribution in [3.63, 3.8) is 0 Å². The molecule has 0 saturated heterocycles. The van der Waals surface area contributed by atoms with E-state index in [9.17, 15) is 9.59 Å². The lowest BCUT2D eigenvalue weighted by atomic mass is 10.1. The van der Waals surface area contributed by atoms with Crippen molar-refractivity contribution < 1.29 is 9.59 Å². The molecule has 3 nitrogen and oxygen atoms in total. The zero-order chi connectivity index (χ0) is 14.3. The van der Waals surface area contributed by atoms with E-state index in [0.29, 0.717) is 16.8 Å². The van der Waals surface area contributed by atoms with Crippen molar-refractivity contribution in [1.82, 2.24) is 0 Å². The highest BCUT2D eigenvalue weighted by Crippen LogP contribution is 2.32. The highest BCUT2D eigenvalue weighted by molar-refractivity contribution is 9.10. The minimum absolute atomic E-state index is 0.248. The van der Waals surface area contributed by atoms with E-state index in [-0.39, 0.29) is 11.8 Å². The van der Waals surface area contributed by atoms with Crippen LogP contribution in [0.15, 0.2) is 46.9 Å². The Morgan fingerprint density at radius 2 is 1.60 bits per heavy atom. The first-order valence-corrected chi connectivity index (χ1v) is 7.19. The number of carbonyl (C=O) groups excluding carboxylic acids is 2. The molecule has 3 rings (SSSR count). The largest absolute Gasteiger partial charge is 0.268 e. The summed E-state index contributed by atoms with van der Waals surface area (Å²) in [6.07, 6.45) is 0.752. The summed E-state index contributed by atoms with van der Waals surface area (Å²) in [4.78, 5) is 26.2. The van der Waals surface area contributed by atoms with Gasteiger partial charge in [0.15, 0.2) is 0 Å². The predicted molar refractivity (Wildman–Crippen MR) is 81.1 cm³/mol. The fourth-order valence-electron chi connectivity index (χ4n) is 2.46. The molecule has 0 radical (unpaired) electrons. The summed E-state index contributed by atoms with van der Waals surface area (Å²) in [6, 6.07) is 12.5. The third kappa shape index (κ3) is 1.88. The molecule has 0 fully saturated rings. The molecule has 0 aromatic heterocycles. The van der Waals surface area contributed by atoms with Gasteiger partial charge in [0, 0.05) is 4.47 Å². The summed E-state index contributed by atoms with van der Waals surface area (Å²) in [5.74, 6) is -0.495. The number of hydrogen-bond acceptors (Lipinski definition) is 2. The van der Waals surface area contributed by atoms with Gasteiger partial charge >= 0.3 is 0 Å². The molecular formula is C16H12BrNO2. The van der Waals surface area contributed by atoms with E-state index in [0.717, 1.165) is 16.5 Å². The van der Waals surface area contributed by atoms with Gasteiger partial charge in [-0.1, -0.05) is 35.0 Å². The maximum atomic E-state index is 12.5. The van der Waals surface area contributed by atoms with E-state index in [1.54, 1.807) is 24.3 Å². The van der Waals surface area contributed by atoms with Crippen LogP contribution in [0.25, 0.3) is 0 Å². The standard InChI is InChI=1S/C16H12BrNO2/c1-2-10-9-11(17)7-8-14(10)18-15(19)12-5-3-4-6-13(12)16(18)20/h3-9H,2H2,1H3. The Morgan fingerprint density at radius 1 is 1.00 bits per heavy atom. The van der Waals surface area contributed by atoms with Crippen molar-refractivity contribution in [2.24, 2.45) is 0 Å². The van der Waals surface area contributed by atoms with E-state index in [1.807, 2.05) is 25.1 Å². The molecule has 4 heteroatoms. The number of anilines is 1. The first-order valence-electron chi connectivity index (χ1n) is 6.39. The summed E-state index contributed by atoms with van der Waals surface area (Å²) >= 11 is 3.42. The van der Waals surface area contributed by atoms with Gasteiger partial charge in [0.25, 0.3) is 11.8 Å². The molecule has 0 spiro atoms. The molecule has 0 saturated carbocycles. The number of nitrogens with zero attached hydrogens (tertiary/aromatic N) is 1. The van der Waals surface area contributed by atoms with E-state index in [1.165, 1.54) is 4.90 Å². The lowest BCUT2D eigenvalue weighted by Crippen LogP contribution is -2.30. The van der Waals surface area contributed by atoms with Crippen LogP contribution in [0, 0.1) is 0 Å². The average molecular weight is 330 g/mol. The molecule has 0 N–H and O–H groups in total. The van der Waals surface area contributed by atoms with Crippen molar-refractivity contribution in [2.75, 3.05) is 4.90 Å². The molecule has 0 aliphatic carbocycles. The van der Waals surface area contributed by atoms with Crippen molar-refractivity contribution in [3.05, 3.63) is 63.6 Å². The molecule has 20 heavy (non-hydrogen) atoms. The van der Waals surface area contributed by atoms with Gasteiger partial charge in [0.05, 0.1) is 16.8 Å². The van der Waals surface area contributed by atoms with Crippen molar-refractivity contribution in [3.8, 4) is 0 Å².